The molecule has 1 aliphatic heterocycles. The Bertz CT molecular complexity index is 366. The zero-order valence-corrected chi connectivity index (χ0v) is 10.4. The highest BCUT2D eigenvalue weighted by molar-refractivity contribution is 7.81. The first-order valence-corrected chi connectivity index (χ1v) is 6.31. The lowest BCUT2D eigenvalue weighted by Crippen LogP contribution is -2.35. The van der Waals surface area contributed by atoms with Crippen LogP contribution in [0.4, 0.5) is 0 Å². The van der Waals surface area contributed by atoms with E-state index in [1.54, 1.807) is 12.1 Å². The van der Waals surface area contributed by atoms with Crippen molar-refractivity contribution >= 4 is 18.6 Å². The molecule has 2 rings (SSSR count). The molecule has 0 aromatic heterocycles. The quantitative estimate of drug-likeness (QED) is 0.662. The summed E-state index contributed by atoms with van der Waals surface area (Å²) < 4.78 is 10.7. The molecule has 1 aliphatic rings. The van der Waals surface area contributed by atoms with Crippen LogP contribution in [0.5, 0.6) is 0 Å². The standard InChI is InChI=1S/C13H16O3S/c14-13(10-5-2-1-3-6-10)16-9-11-12(17)7-4-8-15-11/h1-3,5-6,11-12,17H,4,7-9H2/t11-,12-/m0/s1. The first-order chi connectivity index (χ1) is 8.27. The van der Waals surface area contributed by atoms with Crippen LogP contribution in [0, 0.1) is 0 Å². The molecule has 1 aromatic rings. The maximum Gasteiger partial charge on any atom is 0.338 e. The summed E-state index contributed by atoms with van der Waals surface area (Å²) >= 11 is 4.43. The Labute approximate surface area is 107 Å². The molecule has 1 fully saturated rings. The van der Waals surface area contributed by atoms with E-state index in [9.17, 15) is 4.79 Å². The Morgan fingerprint density at radius 2 is 2.18 bits per heavy atom. The van der Waals surface area contributed by atoms with E-state index in [2.05, 4.69) is 12.6 Å². The zero-order chi connectivity index (χ0) is 12.1. The average Bonchev–Trinajstić information content (AvgIpc) is 2.38. The van der Waals surface area contributed by atoms with Crippen LogP contribution in [0.1, 0.15) is 23.2 Å². The summed E-state index contributed by atoms with van der Waals surface area (Å²) in [5, 5.41) is 0.160. The number of thiol groups is 1. The third-order valence-electron chi connectivity index (χ3n) is 2.79. The van der Waals surface area contributed by atoms with Crippen LogP contribution >= 0.6 is 12.6 Å². The van der Waals surface area contributed by atoms with Crippen molar-refractivity contribution in [2.75, 3.05) is 13.2 Å². The minimum atomic E-state index is -0.305. The molecule has 4 heteroatoms. The SMILES string of the molecule is O=C(OC[C@@H]1OCCC[C@@H]1S)c1ccccc1. The van der Waals surface area contributed by atoms with Gasteiger partial charge in [0.2, 0.25) is 0 Å². The van der Waals surface area contributed by atoms with Crippen molar-refractivity contribution in [3.05, 3.63) is 35.9 Å². The van der Waals surface area contributed by atoms with Crippen LogP contribution in [0.2, 0.25) is 0 Å². The molecule has 3 nitrogen and oxygen atoms in total. The molecule has 17 heavy (non-hydrogen) atoms. The monoisotopic (exact) mass is 252 g/mol. The lowest BCUT2D eigenvalue weighted by molar-refractivity contribution is -0.0259. The van der Waals surface area contributed by atoms with Gasteiger partial charge >= 0.3 is 5.97 Å². The predicted molar refractivity (Wildman–Crippen MR) is 68.5 cm³/mol. The Balaban J connectivity index is 1.84. The predicted octanol–water partition coefficient (Wildman–Crippen LogP) is 2.32. The van der Waals surface area contributed by atoms with Crippen LogP contribution in [0.3, 0.4) is 0 Å². The van der Waals surface area contributed by atoms with E-state index < -0.39 is 0 Å². The summed E-state index contributed by atoms with van der Waals surface area (Å²) in [6, 6.07) is 8.97. The van der Waals surface area contributed by atoms with Crippen molar-refractivity contribution in [1.82, 2.24) is 0 Å². The highest BCUT2D eigenvalue weighted by Crippen LogP contribution is 2.19. The average molecular weight is 252 g/mol. The van der Waals surface area contributed by atoms with Crippen LogP contribution in [0.15, 0.2) is 30.3 Å². The Morgan fingerprint density at radius 3 is 2.88 bits per heavy atom. The summed E-state index contributed by atoms with van der Waals surface area (Å²) in [6.07, 6.45) is 1.95. The molecule has 0 saturated carbocycles. The second-order valence-electron chi connectivity index (χ2n) is 4.08. The van der Waals surface area contributed by atoms with Crippen LogP contribution in [-0.2, 0) is 9.47 Å². The molecular formula is C13H16O3S. The van der Waals surface area contributed by atoms with Crippen molar-refractivity contribution in [2.45, 2.75) is 24.2 Å². The van der Waals surface area contributed by atoms with Crippen molar-refractivity contribution < 1.29 is 14.3 Å². The minimum Gasteiger partial charge on any atom is -0.459 e. The molecule has 0 aliphatic carbocycles. The number of benzene rings is 1. The molecular weight excluding hydrogens is 236 g/mol. The normalized spacial score (nSPS) is 24.3. The van der Waals surface area contributed by atoms with E-state index in [4.69, 9.17) is 9.47 Å². The maximum absolute atomic E-state index is 11.7. The van der Waals surface area contributed by atoms with Gasteiger partial charge in [0.25, 0.3) is 0 Å². The van der Waals surface area contributed by atoms with Crippen LogP contribution in [-0.4, -0.2) is 30.5 Å². The molecule has 1 aromatic carbocycles. The van der Waals surface area contributed by atoms with Gasteiger partial charge in [-0.1, -0.05) is 18.2 Å². The third kappa shape index (κ3) is 3.48. The fourth-order valence-corrected chi connectivity index (χ4v) is 2.15. The molecule has 0 spiro atoms. The van der Waals surface area contributed by atoms with Gasteiger partial charge in [0, 0.05) is 11.9 Å². The summed E-state index contributed by atoms with van der Waals surface area (Å²) in [5.41, 5.74) is 0.569. The van der Waals surface area contributed by atoms with Gasteiger partial charge in [-0.3, -0.25) is 0 Å². The summed E-state index contributed by atoms with van der Waals surface area (Å²) in [5.74, 6) is -0.305. The topological polar surface area (TPSA) is 35.5 Å². The molecule has 2 atom stereocenters. The number of carbonyl (C=O) groups is 1. The number of carbonyl (C=O) groups excluding carboxylic acids is 1. The molecule has 0 amide bonds. The van der Waals surface area contributed by atoms with E-state index >= 15 is 0 Å². The summed E-state index contributed by atoms with van der Waals surface area (Å²) in [7, 11) is 0. The summed E-state index contributed by atoms with van der Waals surface area (Å²) in [6.45, 7) is 1.01. The van der Waals surface area contributed by atoms with E-state index in [1.165, 1.54) is 0 Å². The van der Waals surface area contributed by atoms with Crippen molar-refractivity contribution in [3.8, 4) is 0 Å². The first-order valence-electron chi connectivity index (χ1n) is 5.79. The molecule has 1 saturated heterocycles. The fourth-order valence-electron chi connectivity index (χ4n) is 1.80. The number of esters is 1. The minimum absolute atomic E-state index is 0.0836. The maximum atomic E-state index is 11.7. The van der Waals surface area contributed by atoms with Gasteiger partial charge in [-0.05, 0) is 25.0 Å². The highest BCUT2D eigenvalue weighted by Gasteiger charge is 2.24. The Morgan fingerprint density at radius 1 is 1.41 bits per heavy atom. The van der Waals surface area contributed by atoms with Crippen LogP contribution in [0.25, 0.3) is 0 Å². The van der Waals surface area contributed by atoms with E-state index in [0.29, 0.717) is 5.56 Å². The molecule has 0 bridgehead atoms. The molecule has 0 radical (unpaired) electrons. The fraction of sp³-hybridized carbons (Fsp3) is 0.462. The van der Waals surface area contributed by atoms with Crippen molar-refractivity contribution in [1.29, 1.82) is 0 Å². The van der Waals surface area contributed by atoms with Gasteiger partial charge in [0.1, 0.15) is 12.7 Å². The number of hydrogen-bond donors (Lipinski definition) is 1. The number of rotatable bonds is 3. The highest BCUT2D eigenvalue weighted by atomic mass is 32.1. The van der Waals surface area contributed by atoms with Gasteiger partial charge in [-0.15, -0.1) is 0 Å². The van der Waals surface area contributed by atoms with Gasteiger partial charge < -0.3 is 9.47 Å². The molecule has 0 unspecified atom stereocenters. The zero-order valence-electron chi connectivity index (χ0n) is 9.54. The van der Waals surface area contributed by atoms with E-state index in [0.717, 1.165) is 19.4 Å². The number of hydrogen-bond acceptors (Lipinski definition) is 4. The van der Waals surface area contributed by atoms with Crippen molar-refractivity contribution in [3.63, 3.8) is 0 Å². The first kappa shape index (κ1) is 12.5. The van der Waals surface area contributed by atoms with Gasteiger partial charge in [0.05, 0.1) is 5.56 Å². The second kappa shape index (κ2) is 6.07. The number of ether oxygens (including phenoxy) is 2. The van der Waals surface area contributed by atoms with E-state index in [1.807, 2.05) is 18.2 Å². The third-order valence-corrected chi connectivity index (χ3v) is 3.38. The lowest BCUT2D eigenvalue weighted by Gasteiger charge is -2.27. The van der Waals surface area contributed by atoms with Crippen LogP contribution < -0.4 is 0 Å². The van der Waals surface area contributed by atoms with Gasteiger partial charge in [0.15, 0.2) is 0 Å². The second-order valence-corrected chi connectivity index (χ2v) is 4.75. The van der Waals surface area contributed by atoms with E-state index in [-0.39, 0.29) is 23.9 Å². The van der Waals surface area contributed by atoms with Gasteiger partial charge in [-0.25, -0.2) is 4.79 Å². The molecule has 92 valence electrons. The van der Waals surface area contributed by atoms with Gasteiger partial charge in [-0.2, -0.15) is 12.6 Å². The summed E-state index contributed by atoms with van der Waals surface area (Å²) in [4.78, 5) is 11.7. The Kier molecular flexibility index (Phi) is 4.45. The van der Waals surface area contributed by atoms with Crippen molar-refractivity contribution in [2.24, 2.45) is 0 Å². The smallest absolute Gasteiger partial charge is 0.338 e. The largest absolute Gasteiger partial charge is 0.459 e. The Hall–Kier alpha value is -1.00. The molecule has 1 heterocycles. The molecule has 0 N–H and O–H groups in total. The lowest BCUT2D eigenvalue weighted by atomic mass is 10.1.